The lowest BCUT2D eigenvalue weighted by Gasteiger charge is -2.15. The Bertz CT molecular complexity index is 354. The largest absolute Gasteiger partial charge is 0.464 e. The van der Waals surface area contributed by atoms with Gasteiger partial charge in [-0.05, 0) is 12.0 Å². The van der Waals surface area contributed by atoms with Gasteiger partial charge in [-0.2, -0.15) is 0 Å². The highest BCUT2D eigenvalue weighted by atomic mass is 16.5. The van der Waals surface area contributed by atoms with Crippen LogP contribution in [0.5, 0.6) is 0 Å². The van der Waals surface area contributed by atoms with Crippen molar-refractivity contribution in [3.63, 3.8) is 0 Å². The van der Waals surface area contributed by atoms with Crippen molar-refractivity contribution in [3.8, 4) is 0 Å². The smallest absolute Gasteiger partial charge is 0.354 e. The average molecular weight is 224 g/mol. The fraction of sp³-hybridized carbons (Fsp3) is 0.583. The number of nitrogens with zero attached hydrogens (tertiary/aromatic N) is 1. The number of nitrogen functional groups attached to an aromatic ring is 1. The Labute approximate surface area is 96.4 Å². The lowest BCUT2D eigenvalue weighted by atomic mass is 10.0. The maximum atomic E-state index is 11.5. The van der Waals surface area contributed by atoms with E-state index >= 15 is 0 Å². The van der Waals surface area contributed by atoms with Crippen LogP contribution in [0.4, 0.5) is 5.69 Å². The molecule has 0 radical (unpaired) electrons. The van der Waals surface area contributed by atoms with Gasteiger partial charge < -0.3 is 15.0 Å². The highest BCUT2D eigenvalue weighted by molar-refractivity contribution is 5.88. The number of aromatic nitrogens is 1. The lowest BCUT2D eigenvalue weighted by molar-refractivity contribution is 0.0587. The molecule has 0 atom stereocenters. The zero-order valence-corrected chi connectivity index (χ0v) is 10.2. The Morgan fingerprint density at radius 3 is 2.62 bits per heavy atom. The number of methoxy groups -OCH3 is 1. The molecule has 0 saturated heterocycles. The SMILES string of the molecule is CCC(CC)Cn1cc(N)cc1C(=O)OC. The van der Waals surface area contributed by atoms with Gasteiger partial charge >= 0.3 is 5.97 Å². The third-order valence-electron chi connectivity index (χ3n) is 2.92. The molecule has 0 aliphatic carbocycles. The standard InChI is InChI=1S/C12H20N2O2/c1-4-9(5-2)7-14-8-10(13)6-11(14)12(15)16-3/h6,8-9H,4-5,7,13H2,1-3H3. The van der Waals surface area contributed by atoms with Crippen LogP contribution in [-0.2, 0) is 11.3 Å². The molecule has 0 aliphatic rings. The van der Waals surface area contributed by atoms with Crippen molar-refractivity contribution in [2.24, 2.45) is 5.92 Å². The predicted molar refractivity (Wildman–Crippen MR) is 64.3 cm³/mol. The van der Waals surface area contributed by atoms with E-state index in [-0.39, 0.29) is 5.97 Å². The van der Waals surface area contributed by atoms with Crippen LogP contribution >= 0.6 is 0 Å². The summed E-state index contributed by atoms with van der Waals surface area (Å²) in [5.41, 5.74) is 6.84. The first-order chi connectivity index (χ1) is 7.62. The zero-order valence-electron chi connectivity index (χ0n) is 10.2. The number of carbonyl (C=O) groups is 1. The molecule has 0 amide bonds. The van der Waals surface area contributed by atoms with E-state index in [1.54, 1.807) is 12.3 Å². The first kappa shape index (κ1) is 12.6. The Balaban J connectivity index is 2.90. The zero-order chi connectivity index (χ0) is 12.1. The van der Waals surface area contributed by atoms with Gasteiger partial charge in [0.1, 0.15) is 5.69 Å². The molecule has 4 nitrogen and oxygen atoms in total. The van der Waals surface area contributed by atoms with Crippen molar-refractivity contribution in [2.45, 2.75) is 33.2 Å². The van der Waals surface area contributed by atoms with E-state index < -0.39 is 0 Å². The van der Waals surface area contributed by atoms with Crippen molar-refractivity contribution in [2.75, 3.05) is 12.8 Å². The first-order valence-corrected chi connectivity index (χ1v) is 5.66. The van der Waals surface area contributed by atoms with Gasteiger partial charge in [0.15, 0.2) is 0 Å². The topological polar surface area (TPSA) is 57.2 Å². The number of hydrogen-bond donors (Lipinski definition) is 1. The van der Waals surface area contributed by atoms with Gasteiger partial charge in [-0.25, -0.2) is 4.79 Å². The van der Waals surface area contributed by atoms with Gasteiger partial charge in [0, 0.05) is 12.7 Å². The predicted octanol–water partition coefficient (Wildman–Crippen LogP) is 2.29. The highest BCUT2D eigenvalue weighted by Gasteiger charge is 2.15. The molecule has 0 spiro atoms. The number of hydrogen-bond acceptors (Lipinski definition) is 3. The summed E-state index contributed by atoms with van der Waals surface area (Å²) in [4.78, 5) is 11.5. The van der Waals surface area contributed by atoms with Gasteiger partial charge in [0.25, 0.3) is 0 Å². The summed E-state index contributed by atoms with van der Waals surface area (Å²) in [6, 6.07) is 1.66. The summed E-state index contributed by atoms with van der Waals surface area (Å²) < 4.78 is 6.61. The quantitative estimate of drug-likeness (QED) is 0.781. The van der Waals surface area contributed by atoms with E-state index in [1.165, 1.54) is 7.11 Å². The molecule has 2 N–H and O–H groups in total. The van der Waals surface area contributed by atoms with Gasteiger partial charge in [-0.1, -0.05) is 26.7 Å². The minimum Gasteiger partial charge on any atom is -0.464 e. The summed E-state index contributed by atoms with van der Waals surface area (Å²) in [6.07, 6.45) is 3.98. The normalized spacial score (nSPS) is 10.8. The van der Waals surface area contributed by atoms with Crippen LogP contribution in [0.15, 0.2) is 12.3 Å². The molecule has 0 saturated carbocycles. The van der Waals surface area contributed by atoms with Gasteiger partial charge in [0.05, 0.1) is 12.8 Å². The fourth-order valence-corrected chi connectivity index (χ4v) is 1.78. The van der Waals surface area contributed by atoms with E-state index in [2.05, 4.69) is 13.8 Å². The summed E-state index contributed by atoms with van der Waals surface area (Å²) in [5.74, 6) is 0.234. The second kappa shape index (κ2) is 5.58. The van der Waals surface area contributed by atoms with Crippen LogP contribution < -0.4 is 5.73 Å². The third kappa shape index (κ3) is 2.78. The number of esters is 1. The molecule has 0 aromatic carbocycles. The summed E-state index contributed by atoms with van der Waals surface area (Å²) >= 11 is 0. The van der Waals surface area contributed by atoms with E-state index in [1.807, 2.05) is 4.57 Å². The maximum absolute atomic E-state index is 11.5. The molecule has 0 unspecified atom stereocenters. The fourth-order valence-electron chi connectivity index (χ4n) is 1.78. The van der Waals surface area contributed by atoms with Gasteiger partial charge in [-0.3, -0.25) is 0 Å². The number of anilines is 1. The molecular weight excluding hydrogens is 204 g/mol. The molecule has 1 aromatic heterocycles. The summed E-state index contributed by atoms with van der Waals surface area (Å²) in [7, 11) is 1.38. The third-order valence-corrected chi connectivity index (χ3v) is 2.92. The maximum Gasteiger partial charge on any atom is 0.354 e. The van der Waals surface area contributed by atoms with Crippen LogP contribution in [0.2, 0.25) is 0 Å². The highest BCUT2D eigenvalue weighted by Crippen LogP contribution is 2.17. The Kier molecular flexibility index (Phi) is 4.40. The number of carbonyl (C=O) groups excluding carboxylic acids is 1. The number of ether oxygens (including phenoxy) is 1. The van der Waals surface area contributed by atoms with Crippen LogP contribution in [0.25, 0.3) is 0 Å². The average Bonchev–Trinajstić information content (AvgIpc) is 2.66. The molecule has 90 valence electrons. The molecule has 0 fully saturated rings. The van der Waals surface area contributed by atoms with Crippen molar-refractivity contribution in [1.82, 2.24) is 4.57 Å². The van der Waals surface area contributed by atoms with Crippen LogP contribution in [0, 0.1) is 5.92 Å². The van der Waals surface area contributed by atoms with Gasteiger partial charge in [-0.15, -0.1) is 0 Å². The van der Waals surface area contributed by atoms with E-state index in [9.17, 15) is 4.79 Å². The molecule has 0 bridgehead atoms. The van der Waals surface area contributed by atoms with E-state index in [0.717, 1.165) is 19.4 Å². The van der Waals surface area contributed by atoms with Crippen molar-refractivity contribution in [1.29, 1.82) is 0 Å². The van der Waals surface area contributed by atoms with Crippen molar-refractivity contribution < 1.29 is 9.53 Å². The Hall–Kier alpha value is -1.45. The minimum absolute atomic E-state index is 0.331. The summed E-state index contributed by atoms with van der Waals surface area (Å²) in [6.45, 7) is 5.12. The van der Waals surface area contributed by atoms with Crippen LogP contribution in [0.3, 0.4) is 0 Å². The van der Waals surface area contributed by atoms with Crippen LogP contribution in [-0.4, -0.2) is 17.6 Å². The molecule has 16 heavy (non-hydrogen) atoms. The molecule has 1 rings (SSSR count). The van der Waals surface area contributed by atoms with E-state index in [0.29, 0.717) is 17.3 Å². The molecule has 1 heterocycles. The summed E-state index contributed by atoms with van der Waals surface area (Å²) in [5, 5.41) is 0. The molecule has 1 aromatic rings. The van der Waals surface area contributed by atoms with Crippen molar-refractivity contribution >= 4 is 11.7 Å². The van der Waals surface area contributed by atoms with Crippen LogP contribution in [0.1, 0.15) is 37.2 Å². The second-order valence-electron chi connectivity index (χ2n) is 3.99. The first-order valence-electron chi connectivity index (χ1n) is 5.66. The molecular formula is C12H20N2O2. The Morgan fingerprint density at radius 1 is 1.50 bits per heavy atom. The number of rotatable bonds is 5. The second-order valence-corrected chi connectivity index (χ2v) is 3.99. The number of nitrogens with two attached hydrogens (primary N) is 1. The Morgan fingerprint density at radius 2 is 2.12 bits per heavy atom. The lowest BCUT2D eigenvalue weighted by Crippen LogP contribution is -2.15. The monoisotopic (exact) mass is 224 g/mol. The minimum atomic E-state index is -0.331. The van der Waals surface area contributed by atoms with Crippen molar-refractivity contribution in [3.05, 3.63) is 18.0 Å². The molecule has 0 aliphatic heterocycles. The molecule has 4 heteroatoms. The van der Waals surface area contributed by atoms with E-state index in [4.69, 9.17) is 10.5 Å². The van der Waals surface area contributed by atoms with Gasteiger partial charge in [0.2, 0.25) is 0 Å².